The van der Waals surface area contributed by atoms with E-state index in [0.29, 0.717) is 12.3 Å². The fraction of sp³-hybridized carbons (Fsp3) is 0.133. The summed E-state index contributed by atoms with van der Waals surface area (Å²) >= 11 is 4.96. The van der Waals surface area contributed by atoms with Crippen LogP contribution in [0.3, 0.4) is 0 Å². The van der Waals surface area contributed by atoms with E-state index in [-0.39, 0.29) is 5.69 Å². The van der Waals surface area contributed by atoms with Crippen LogP contribution in [0, 0.1) is 11.6 Å². The lowest BCUT2D eigenvalue weighted by Crippen LogP contribution is -2.30. The van der Waals surface area contributed by atoms with E-state index in [9.17, 15) is 13.6 Å². The van der Waals surface area contributed by atoms with Gasteiger partial charge in [0, 0.05) is 27.7 Å². The number of carbonyl (C=O) groups excluding carboxylic acids is 1. The molecular formula is C15H13BrF2N2OS. The highest BCUT2D eigenvalue weighted by atomic mass is 79.9. The van der Waals surface area contributed by atoms with E-state index in [1.165, 1.54) is 6.07 Å². The zero-order chi connectivity index (χ0) is 15.9. The number of rotatable bonds is 5. The molecule has 0 spiro atoms. The van der Waals surface area contributed by atoms with Crippen molar-refractivity contribution in [1.29, 1.82) is 0 Å². The highest BCUT2D eigenvalue weighted by Gasteiger charge is 2.07. The number of carbonyl (C=O) groups is 1. The maximum atomic E-state index is 13.4. The summed E-state index contributed by atoms with van der Waals surface area (Å²) in [6.07, 6.45) is 0. The Morgan fingerprint density at radius 2 is 1.86 bits per heavy atom. The number of nitrogens with one attached hydrogen (secondary N) is 2. The molecule has 0 aromatic heterocycles. The quantitative estimate of drug-likeness (QED) is 0.580. The monoisotopic (exact) mass is 386 g/mol. The molecule has 0 aliphatic heterocycles. The van der Waals surface area contributed by atoms with Gasteiger partial charge in [-0.2, -0.15) is 0 Å². The summed E-state index contributed by atoms with van der Waals surface area (Å²) in [5, 5.41) is 4.95. The second kappa shape index (κ2) is 8.14. The van der Waals surface area contributed by atoms with E-state index in [1.54, 1.807) is 11.8 Å². The summed E-state index contributed by atoms with van der Waals surface area (Å²) in [5.74, 6) is -0.810. The van der Waals surface area contributed by atoms with Crippen molar-refractivity contribution in [2.45, 2.75) is 4.90 Å². The Balaban J connectivity index is 1.72. The minimum absolute atomic E-state index is 0.0561. The lowest BCUT2D eigenvalue weighted by molar-refractivity contribution is 0.252. The molecule has 2 rings (SSSR count). The molecule has 0 aliphatic rings. The van der Waals surface area contributed by atoms with Gasteiger partial charge in [0.15, 0.2) is 0 Å². The van der Waals surface area contributed by atoms with E-state index < -0.39 is 17.7 Å². The predicted molar refractivity (Wildman–Crippen MR) is 88.2 cm³/mol. The second-order valence-electron chi connectivity index (χ2n) is 4.31. The summed E-state index contributed by atoms with van der Waals surface area (Å²) in [7, 11) is 0. The van der Waals surface area contributed by atoms with E-state index in [0.717, 1.165) is 21.5 Å². The van der Waals surface area contributed by atoms with Crippen molar-refractivity contribution in [2.24, 2.45) is 0 Å². The van der Waals surface area contributed by atoms with Gasteiger partial charge < -0.3 is 10.6 Å². The summed E-state index contributed by atoms with van der Waals surface area (Å²) in [4.78, 5) is 12.7. The minimum atomic E-state index is -0.806. The number of benzene rings is 2. The molecule has 22 heavy (non-hydrogen) atoms. The smallest absolute Gasteiger partial charge is 0.319 e. The highest BCUT2D eigenvalue weighted by Crippen LogP contribution is 2.20. The molecule has 0 fully saturated rings. The molecule has 2 aromatic rings. The first kappa shape index (κ1) is 16.8. The fourth-order valence-corrected chi connectivity index (χ4v) is 2.65. The van der Waals surface area contributed by atoms with Gasteiger partial charge in [0.25, 0.3) is 0 Å². The van der Waals surface area contributed by atoms with Crippen LogP contribution in [0.1, 0.15) is 0 Å². The molecule has 0 atom stereocenters. The first-order valence-corrected chi connectivity index (χ1v) is 8.21. The molecule has 0 unspecified atom stereocenters. The zero-order valence-corrected chi connectivity index (χ0v) is 13.8. The van der Waals surface area contributed by atoms with Crippen molar-refractivity contribution in [1.82, 2.24) is 5.32 Å². The Kier molecular flexibility index (Phi) is 6.21. The molecule has 0 radical (unpaired) electrons. The first-order chi connectivity index (χ1) is 10.5. The number of anilines is 1. The second-order valence-corrected chi connectivity index (χ2v) is 6.39. The lowest BCUT2D eigenvalue weighted by Gasteiger charge is -2.08. The van der Waals surface area contributed by atoms with E-state index >= 15 is 0 Å². The molecule has 0 heterocycles. The van der Waals surface area contributed by atoms with Crippen molar-refractivity contribution in [2.75, 3.05) is 17.6 Å². The van der Waals surface area contributed by atoms with Crippen LogP contribution in [0.15, 0.2) is 51.8 Å². The summed E-state index contributed by atoms with van der Waals surface area (Å²) in [6.45, 7) is 0.426. The SMILES string of the molecule is O=C(NCCSc1ccc(Br)cc1)Nc1ccc(F)cc1F. The molecule has 2 N–H and O–H groups in total. The van der Waals surface area contributed by atoms with Crippen LogP contribution in [-0.2, 0) is 0 Å². The summed E-state index contributed by atoms with van der Waals surface area (Å²) < 4.78 is 27.1. The third-order valence-electron chi connectivity index (χ3n) is 2.65. The number of thioether (sulfide) groups is 1. The van der Waals surface area contributed by atoms with Crippen LogP contribution >= 0.6 is 27.7 Å². The van der Waals surface area contributed by atoms with Crippen LogP contribution in [0.5, 0.6) is 0 Å². The third-order valence-corrected chi connectivity index (χ3v) is 4.19. The molecule has 0 saturated carbocycles. The standard InChI is InChI=1S/C15H13BrF2N2OS/c16-10-1-4-12(5-2-10)22-8-7-19-15(21)20-14-6-3-11(17)9-13(14)18/h1-6,9H,7-8H2,(H2,19,20,21). The zero-order valence-electron chi connectivity index (χ0n) is 11.4. The molecule has 0 aliphatic carbocycles. The van der Waals surface area contributed by atoms with Gasteiger partial charge in [-0.3, -0.25) is 0 Å². The largest absolute Gasteiger partial charge is 0.337 e. The normalized spacial score (nSPS) is 10.3. The maximum Gasteiger partial charge on any atom is 0.319 e. The average Bonchev–Trinajstić information content (AvgIpc) is 2.48. The third kappa shape index (κ3) is 5.31. The number of hydrogen-bond acceptors (Lipinski definition) is 2. The summed E-state index contributed by atoms with van der Waals surface area (Å²) in [6, 6.07) is 10.3. The number of amides is 2. The van der Waals surface area contributed by atoms with Gasteiger partial charge in [-0.25, -0.2) is 13.6 Å². The minimum Gasteiger partial charge on any atom is -0.337 e. The Bertz CT molecular complexity index is 652. The van der Waals surface area contributed by atoms with Crippen LogP contribution in [0.4, 0.5) is 19.3 Å². The number of halogens is 3. The van der Waals surface area contributed by atoms with Crippen LogP contribution in [0.25, 0.3) is 0 Å². The van der Waals surface area contributed by atoms with E-state index in [1.807, 2.05) is 24.3 Å². The van der Waals surface area contributed by atoms with Crippen LogP contribution in [0.2, 0.25) is 0 Å². The molecule has 2 amide bonds. The van der Waals surface area contributed by atoms with E-state index in [4.69, 9.17) is 0 Å². The molecule has 3 nitrogen and oxygen atoms in total. The Morgan fingerprint density at radius 1 is 1.14 bits per heavy atom. The average molecular weight is 387 g/mol. The number of urea groups is 1. The van der Waals surface area contributed by atoms with Crippen molar-refractivity contribution >= 4 is 39.4 Å². The Hall–Kier alpha value is -1.60. The topological polar surface area (TPSA) is 41.1 Å². The Labute approximate surface area is 139 Å². The van der Waals surface area contributed by atoms with Gasteiger partial charge >= 0.3 is 6.03 Å². The highest BCUT2D eigenvalue weighted by molar-refractivity contribution is 9.10. The fourth-order valence-electron chi connectivity index (χ4n) is 1.62. The van der Waals surface area contributed by atoms with Gasteiger partial charge in [-0.05, 0) is 36.4 Å². The van der Waals surface area contributed by atoms with Gasteiger partial charge in [0.05, 0.1) is 5.69 Å². The van der Waals surface area contributed by atoms with E-state index in [2.05, 4.69) is 26.6 Å². The predicted octanol–water partition coefficient (Wildman–Crippen LogP) is 4.64. The molecule has 116 valence electrons. The molecule has 2 aromatic carbocycles. The lowest BCUT2D eigenvalue weighted by atomic mass is 10.3. The molecular weight excluding hydrogens is 374 g/mol. The maximum absolute atomic E-state index is 13.4. The molecule has 0 saturated heterocycles. The molecule has 7 heteroatoms. The first-order valence-electron chi connectivity index (χ1n) is 6.43. The van der Waals surface area contributed by atoms with Gasteiger partial charge in [0.1, 0.15) is 11.6 Å². The van der Waals surface area contributed by atoms with Gasteiger partial charge in [0.2, 0.25) is 0 Å². The van der Waals surface area contributed by atoms with Gasteiger partial charge in [-0.15, -0.1) is 11.8 Å². The van der Waals surface area contributed by atoms with Crippen molar-refractivity contribution in [3.8, 4) is 0 Å². The summed E-state index contributed by atoms with van der Waals surface area (Å²) in [5.41, 5.74) is -0.0561. The van der Waals surface area contributed by atoms with Crippen LogP contribution in [-0.4, -0.2) is 18.3 Å². The van der Waals surface area contributed by atoms with Crippen molar-refractivity contribution < 1.29 is 13.6 Å². The van der Waals surface area contributed by atoms with Crippen LogP contribution < -0.4 is 10.6 Å². The van der Waals surface area contributed by atoms with Gasteiger partial charge in [-0.1, -0.05) is 15.9 Å². The van der Waals surface area contributed by atoms with Crippen molar-refractivity contribution in [3.05, 3.63) is 58.6 Å². The Morgan fingerprint density at radius 3 is 2.55 bits per heavy atom. The number of hydrogen-bond donors (Lipinski definition) is 2. The van der Waals surface area contributed by atoms with Crippen molar-refractivity contribution in [3.63, 3.8) is 0 Å². The molecule has 0 bridgehead atoms.